The quantitative estimate of drug-likeness (QED) is 0.188. The molecule has 10 nitrogen and oxygen atoms in total. The zero-order valence-electron chi connectivity index (χ0n) is 21.1. The maximum atomic E-state index is 14.1. The van der Waals surface area contributed by atoms with Gasteiger partial charge in [-0.05, 0) is 55.9 Å². The summed E-state index contributed by atoms with van der Waals surface area (Å²) in [6.45, 7) is 1.89. The Kier molecular flexibility index (Phi) is 6.40. The molecular weight excluding hydrogens is 522 g/mol. The minimum Gasteiger partial charge on any atom is -0.462 e. The number of ether oxygens (including phenoxy) is 1. The molecule has 2 aliphatic heterocycles. The number of hydrogen-bond acceptors (Lipinski definition) is 9. The predicted molar refractivity (Wildman–Crippen MR) is 143 cm³/mol. The highest BCUT2D eigenvalue weighted by atomic mass is 32.1. The zero-order valence-corrected chi connectivity index (χ0v) is 21.9. The molecule has 2 aromatic carbocycles. The number of carbonyl (C=O) groups is 3. The Bertz CT molecular complexity index is 1470. The standard InChI is InChI=1S/C28H25N3O7S/c1-2-37-28(34)21-19-10-6-7-11-20(19)39-27(21)29-25(32)22-23(16-12-14-18(15-13-16)31(35)36)30(38-24(22)26(29)33)17-8-4-3-5-9-17/h3-5,8-9,12-15,22-24H,2,6-7,10-11H2,1H3/t22-,23-,24-/m1/s1. The van der Waals surface area contributed by atoms with E-state index in [9.17, 15) is 24.5 Å². The number of fused-ring (bicyclic) bond motifs is 2. The van der Waals surface area contributed by atoms with E-state index >= 15 is 0 Å². The molecule has 1 aromatic heterocycles. The van der Waals surface area contributed by atoms with E-state index in [1.54, 1.807) is 31.2 Å². The van der Waals surface area contributed by atoms with Crippen molar-refractivity contribution in [2.24, 2.45) is 5.92 Å². The lowest BCUT2D eigenvalue weighted by Crippen LogP contribution is -2.37. The van der Waals surface area contributed by atoms with Gasteiger partial charge in [0.15, 0.2) is 6.10 Å². The number of nitro benzene ring substituents is 1. The number of amides is 2. The van der Waals surface area contributed by atoms with Gasteiger partial charge in [0.2, 0.25) is 5.91 Å². The number of hydroxylamine groups is 1. The van der Waals surface area contributed by atoms with E-state index < -0.39 is 40.8 Å². The van der Waals surface area contributed by atoms with Crippen LogP contribution in [-0.4, -0.2) is 35.4 Å². The van der Waals surface area contributed by atoms with Gasteiger partial charge in [0.05, 0.1) is 28.8 Å². The highest BCUT2D eigenvalue weighted by Crippen LogP contribution is 2.50. The van der Waals surface area contributed by atoms with E-state index in [0.29, 0.717) is 28.2 Å². The Hall–Kier alpha value is -4.09. The Morgan fingerprint density at radius 3 is 2.49 bits per heavy atom. The Balaban J connectivity index is 1.43. The molecule has 3 atom stereocenters. The van der Waals surface area contributed by atoms with Crippen LogP contribution in [0.4, 0.5) is 16.4 Å². The van der Waals surface area contributed by atoms with Crippen molar-refractivity contribution < 1.29 is 28.9 Å². The third-order valence-corrected chi connectivity index (χ3v) is 8.68. The predicted octanol–water partition coefficient (Wildman–Crippen LogP) is 4.76. The van der Waals surface area contributed by atoms with E-state index in [0.717, 1.165) is 34.6 Å². The minimum atomic E-state index is -1.12. The minimum absolute atomic E-state index is 0.0841. The molecule has 0 N–H and O–H groups in total. The second-order valence-electron chi connectivity index (χ2n) is 9.63. The number of nitrogens with zero attached hydrogens (tertiary/aromatic N) is 3. The molecule has 200 valence electrons. The fourth-order valence-electron chi connectivity index (χ4n) is 5.67. The van der Waals surface area contributed by atoms with Crippen molar-refractivity contribution in [3.8, 4) is 0 Å². The highest BCUT2D eigenvalue weighted by Gasteiger charge is 2.61. The molecular formula is C28H25N3O7S. The first-order chi connectivity index (χ1) is 18.9. The molecule has 0 bridgehead atoms. The molecule has 3 heterocycles. The van der Waals surface area contributed by atoms with Gasteiger partial charge in [0.25, 0.3) is 11.6 Å². The third kappa shape index (κ3) is 4.09. The number of aryl methyl sites for hydroxylation is 1. The molecule has 0 saturated carbocycles. The molecule has 0 spiro atoms. The van der Waals surface area contributed by atoms with Crippen LogP contribution in [0.2, 0.25) is 0 Å². The molecule has 0 radical (unpaired) electrons. The Morgan fingerprint density at radius 2 is 1.79 bits per heavy atom. The summed E-state index contributed by atoms with van der Waals surface area (Å²) >= 11 is 1.30. The van der Waals surface area contributed by atoms with E-state index in [1.165, 1.54) is 28.5 Å². The van der Waals surface area contributed by atoms with Crippen LogP contribution >= 0.6 is 11.3 Å². The van der Waals surface area contributed by atoms with Crippen LogP contribution in [0, 0.1) is 16.0 Å². The topological polar surface area (TPSA) is 119 Å². The van der Waals surface area contributed by atoms with Gasteiger partial charge in [-0.3, -0.25) is 24.5 Å². The number of esters is 1. The maximum Gasteiger partial charge on any atom is 0.341 e. The molecule has 0 unspecified atom stereocenters. The van der Waals surface area contributed by atoms with E-state index in [4.69, 9.17) is 9.57 Å². The third-order valence-electron chi connectivity index (χ3n) is 7.41. The fraction of sp³-hybridized carbons (Fsp3) is 0.321. The molecule has 39 heavy (non-hydrogen) atoms. The highest BCUT2D eigenvalue weighted by molar-refractivity contribution is 7.17. The number of para-hydroxylation sites is 1. The number of thiophene rings is 1. The SMILES string of the molecule is CCOC(=O)c1c(N2C(=O)[C@@H]3[C@@H](c4ccc([N+](=O)[O-])cc4)N(c4ccccc4)O[C@H]3C2=O)sc2c1CCCC2. The van der Waals surface area contributed by atoms with Crippen LogP contribution in [0.15, 0.2) is 54.6 Å². The molecule has 3 aromatic rings. The molecule has 1 aliphatic carbocycles. The molecule has 3 aliphatic rings. The summed E-state index contributed by atoms with van der Waals surface area (Å²) < 4.78 is 5.34. The average molecular weight is 548 g/mol. The lowest BCUT2D eigenvalue weighted by molar-refractivity contribution is -0.384. The van der Waals surface area contributed by atoms with Crippen LogP contribution in [0.5, 0.6) is 0 Å². The van der Waals surface area contributed by atoms with Gasteiger partial charge >= 0.3 is 5.97 Å². The zero-order chi connectivity index (χ0) is 27.3. The molecule has 6 rings (SSSR count). The van der Waals surface area contributed by atoms with Gasteiger partial charge in [-0.15, -0.1) is 11.3 Å². The molecule has 2 fully saturated rings. The van der Waals surface area contributed by atoms with Crippen LogP contribution in [-0.2, 0) is 32.0 Å². The summed E-state index contributed by atoms with van der Waals surface area (Å²) in [5.41, 5.74) is 2.30. The summed E-state index contributed by atoms with van der Waals surface area (Å²) in [4.78, 5) is 60.1. The number of benzene rings is 2. The van der Waals surface area contributed by atoms with Crippen LogP contribution < -0.4 is 9.96 Å². The summed E-state index contributed by atoms with van der Waals surface area (Å²) in [6, 6.07) is 14.3. The second kappa shape index (κ2) is 9.90. The number of rotatable bonds is 6. The molecule has 2 amide bonds. The number of hydrogen-bond donors (Lipinski definition) is 0. The maximum absolute atomic E-state index is 14.1. The summed E-state index contributed by atoms with van der Waals surface area (Å²) in [5, 5.41) is 13.1. The summed E-state index contributed by atoms with van der Waals surface area (Å²) in [7, 11) is 0. The lowest BCUT2D eigenvalue weighted by atomic mass is 9.90. The van der Waals surface area contributed by atoms with Gasteiger partial charge in [-0.25, -0.2) is 14.8 Å². The van der Waals surface area contributed by atoms with Crippen LogP contribution in [0.3, 0.4) is 0 Å². The van der Waals surface area contributed by atoms with E-state index in [2.05, 4.69) is 0 Å². The normalized spacial score (nSPS) is 22.1. The van der Waals surface area contributed by atoms with Gasteiger partial charge < -0.3 is 4.74 Å². The smallest absolute Gasteiger partial charge is 0.341 e. The number of non-ortho nitro benzene ring substituents is 1. The number of nitro groups is 1. The van der Waals surface area contributed by atoms with Gasteiger partial charge in [-0.2, -0.15) is 0 Å². The van der Waals surface area contributed by atoms with Crippen LogP contribution in [0.25, 0.3) is 0 Å². The monoisotopic (exact) mass is 547 g/mol. The fourth-order valence-corrected chi connectivity index (χ4v) is 7.06. The summed E-state index contributed by atoms with van der Waals surface area (Å²) in [5.74, 6) is -2.48. The van der Waals surface area contributed by atoms with Crippen molar-refractivity contribution >= 4 is 45.5 Å². The van der Waals surface area contributed by atoms with Gasteiger partial charge in [0.1, 0.15) is 10.9 Å². The average Bonchev–Trinajstić information content (AvgIpc) is 3.59. The van der Waals surface area contributed by atoms with E-state index in [-0.39, 0.29) is 12.3 Å². The summed E-state index contributed by atoms with van der Waals surface area (Å²) in [6.07, 6.45) is 2.23. The molecule has 11 heteroatoms. The molecule has 2 saturated heterocycles. The largest absolute Gasteiger partial charge is 0.462 e. The van der Waals surface area contributed by atoms with Crippen molar-refractivity contribution in [2.75, 3.05) is 16.6 Å². The van der Waals surface area contributed by atoms with Crippen molar-refractivity contribution in [2.45, 2.75) is 44.8 Å². The first-order valence-corrected chi connectivity index (χ1v) is 13.7. The van der Waals surface area contributed by atoms with Gasteiger partial charge in [-0.1, -0.05) is 30.3 Å². The number of anilines is 2. The lowest BCUT2D eigenvalue weighted by Gasteiger charge is -2.28. The van der Waals surface area contributed by atoms with Crippen molar-refractivity contribution in [1.82, 2.24) is 0 Å². The Labute approximate surface area is 227 Å². The first kappa shape index (κ1) is 25.2. The number of imide groups is 1. The van der Waals surface area contributed by atoms with E-state index in [1.807, 2.05) is 18.2 Å². The van der Waals surface area contributed by atoms with Crippen molar-refractivity contribution in [1.29, 1.82) is 0 Å². The number of carbonyl (C=O) groups excluding carboxylic acids is 3. The van der Waals surface area contributed by atoms with Crippen molar-refractivity contribution in [3.63, 3.8) is 0 Å². The Morgan fingerprint density at radius 1 is 1.08 bits per heavy atom. The first-order valence-electron chi connectivity index (χ1n) is 12.9. The van der Waals surface area contributed by atoms with Gasteiger partial charge in [0, 0.05) is 17.0 Å². The van der Waals surface area contributed by atoms with Crippen molar-refractivity contribution in [3.05, 3.63) is 86.3 Å². The van der Waals surface area contributed by atoms with Crippen LogP contribution in [0.1, 0.15) is 52.2 Å². The second-order valence-corrected chi connectivity index (χ2v) is 10.7.